The molecular formula is C18H22N2O2. The molecule has 116 valence electrons. The van der Waals surface area contributed by atoms with Crippen LogP contribution in [-0.2, 0) is 11.3 Å². The second-order valence-corrected chi connectivity index (χ2v) is 5.34. The number of carbonyl (C=O) groups excluding carboxylic acids is 1. The van der Waals surface area contributed by atoms with E-state index in [-0.39, 0.29) is 5.91 Å². The molecule has 4 heteroatoms. The topological polar surface area (TPSA) is 51.2 Å². The molecule has 2 rings (SSSR count). The largest absolute Gasteiger partial charge is 0.481 e. The van der Waals surface area contributed by atoms with Gasteiger partial charge in [0.05, 0.1) is 0 Å². The van der Waals surface area contributed by atoms with Crippen LogP contribution in [0.4, 0.5) is 0 Å². The highest BCUT2D eigenvalue weighted by atomic mass is 16.5. The minimum atomic E-state index is -0.487. The lowest BCUT2D eigenvalue weighted by atomic mass is 10.1. The molecule has 0 saturated heterocycles. The number of rotatable bonds is 6. The molecular weight excluding hydrogens is 276 g/mol. The van der Waals surface area contributed by atoms with Gasteiger partial charge in [0.1, 0.15) is 5.75 Å². The van der Waals surface area contributed by atoms with Crippen molar-refractivity contribution in [3.63, 3.8) is 0 Å². The minimum Gasteiger partial charge on any atom is -0.481 e. The number of benzene rings is 1. The zero-order chi connectivity index (χ0) is 15.9. The first-order valence-electron chi connectivity index (χ1n) is 7.50. The van der Waals surface area contributed by atoms with E-state index in [0.717, 1.165) is 16.9 Å². The molecule has 1 heterocycles. The number of aryl methyl sites for hydroxylation is 2. The van der Waals surface area contributed by atoms with Crippen molar-refractivity contribution in [1.29, 1.82) is 0 Å². The summed E-state index contributed by atoms with van der Waals surface area (Å²) in [6.07, 6.45) is 3.58. The fourth-order valence-electron chi connectivity index (χ4n) is 2.08. The predicted octanol–water partition coefficient (Wildman–Crippen LogP) is 3.17. The predicted molar refractivity (Wildman–Crippen MR) is 86.7 cm³/mol. The summed E-state index contributed by atoms with van der Waals surface area (Å²) in [6, 6.07) is 9.65. The molecule has 0 aliphatic carbocycles. The van der Waals surface area contributed by atoms with E-state index < -0.39 is 6.10 Å². The van der Waals surface area contributed by atoms with Gasteiger partial charge in [-0.1, -0.05) is 19.1 Å². The Morgan fingerprint density at radius 2 is 2.09 bits per heavy atom. The quantitative estimate of drug-likeness (QED) is 0.891. The van der Waals surface area contributed by atoms with E-state index in [2.05, 4.69) is 17.2 Å². The summed E-state index contributed by atoms with van der Waals surface area (Å²) in [5.41, 5.74) is 3.33. The Morgan fingerprint density at radius 3 is 2.73 bits per heavy atom. The summed E-state index contributed by atoms with van der Waals surface area (Å²) in [5.74, 6) is 0.621. The van der Waals surface area contributed by atoms with Crippen LogP contribution >= 0.6 is 0 Å². The molecule has 1 atom stereocenters. The maximum Gasteiger partial charge on any atom is 0.261 e. The summed E-state index contributed by atoms with van der Waals surface area (Å²) < 4.78 is 5.82. The Bertz CT molecular complexity index is 626. The molecule has 0 bridgehead atoms. The van der Waals surface area contributed by atoms with Gasteiger partial charge in [0.2, 0.25) is 0 Å². The van der Waals surface area contributed by atoms with Gasteiger partial charge in [-0.05, 0) is 55.2 Å². The molecule has 1 aromatic carbocycles. The molecule has 0 fully saturated rings. The summed E-state index contributed by atoms with van der Waals surface area (Å²) in [4.78, 5) is 16.3. The number of carbonyl (C=O) groups is 1. The normalized spacial score (nSPS) is 11.8. The molecule has 4 nitrogen and oxygen atoms in total. The highest BCUT2D eigenvalue weighted by Gasteiger charge is 2.18. The number of nitrogens with zero attached hydrogens (tertiary/aromatic N) is 1. The van der Waals surface area contributed by atoms with E-state index in [1.807, 2.05) is 44.2 Å². The third-order valence-electron chi connectivity index (χ3n) is 3.61. The van der Waals surface area contributed by atoms with Crippen molar-refractivity contribution in [2.45, 2.75) is 39.8 Å². The van der Waals surface area contributed by atoms with Crippen LogP contribution < -0.4 is 10.1 Å². The van der Waals surface area contributed by atoms with E-state index in [1.54, 1.807) is 12.4 Å². The molecule has 0 radical (unpaired) electrons. The maximum absolute atomic E-state index is 12.2. The van der Waals surface area contributed by atoms with Crippen molar-refractivity contribution >= 4 is 5.91 Å². The van der Waals surface area contributed by atoms with Crippen molar-refractivity contribution < 1.29 is 9.53 Å². The number of hydrogen-bond acceptors (Lipinski definition) is 3. The average molecular weight is 298 g/mol. The van der Waals surface area contributed by atoms with E-state index in [4.69, 9.17) is 4.74 Å². The molecule has 0 aliphatic heterocycles. The van der Waals surface area contributed by atoms with Gasteiger partial charge in [-0.3, -0.25) is 9.78 Å². The first-order chi connectivity index (χ1) is 10.6. The molecule has 0 aliphatic rings. The van der Waals surface area contributed by atoms with Gasteiger partial charge in [0.25, 0.3) is 5.91 Å². The van der Waals surface area contributed by atoms with E-state index in [1.165, 1.54) is 5.56 Å². The Morgan fingerprint density at radius 1 is 1.27 bits per heavy atom. The van der Waals surface area contributed by atoms with Gasteiger partial charge in [0, 0.05) is 18.9 Å². The van der Waals surface area contributed by atoms with E-state index in [0.29, 0.717) is 13.0 Å². The Labute approximate surface area is 131 Å². The van der Waals surface area contributed by atoms with E-state index in [9.17, 15) is 4.79 Å². The Balaban J connectivity index is 1.95. The number of amides is 1. The lowest BCUT2D eigenvalue weighted by molar-refractivity contribution is -0.128. The fraction of sp³-hybridized carbons (Fsp3) is 0.333. The molecule has 1 amide bonds. The number of hydrogen-bond donors (Lipinski definition) is 1. The van der Waals surface area contributed by atoms with Gasteiger partial charge < -0.3 is 10.1 Å². The second kappa shape index (κ2) is 7.59. The summed E-state index contributed by atoms with van der Waals surface area (Å²) >= 11 is 0. The molecule has 22 heavy (non-hydrogen) atoms. The van der Waals surface area contributed by atoms with Crippen LogP contribution in [0.5, 0.6) is 5.75 Å². The number of ether oxygens (including phenoxy) is 1. The second-order valence-electron chi connectivity index (χ2n) is 5.34. The lowest BCUT2D eigenvalue weighted by Gasteiger charge is -2.18. The third kappa shape index (κ3) is 4.32. The van der Waals surface area contributed by atoms with Gasteiger partial charge in [-0.2, -0.15) is 0 Å². The Hall–Kier alpha value is -2.36. The molecule has 0 unspecified atom stereocenters. The van der Waals surface area contributed by atoms with Crippen LogP contribution in [0, 0.1) is 13.8 Å². The van der Waals surface area contributed by atoms with Crippen LogP contribution in [0.2, 0.25) is 0 Å². The van der Waals surface area contributed by atoms with Crippen molar-refractivity contribution in [3.05, 3.63) is 59.4 Å². The maximum atomic E-state index is 12.2. The van der Waals surface area contributed by atoms with Crippen molar-refractivity contribution in [2.75, 3.05) is 0 Å². The zero-order valence-corrected chi connectivity index (χ0v) is 13.3. The van der Waals surface area contributed by atoms with Crippen molar-refractivity contribution in [1.82, 2.24) is 10.3 Å². The highest BCUT2D eigenvalue weighted by Crippen LogP contribution is 2.18. The number of nitrogens with one attached hydrogen (secondary N) is 1. The monoisotopic (exact) mass is 298 g/mol. The van der Waals surface area contributed by atoms with Crippen molar-refractivity contribution in [3.8, 4) is 5.75 Å². The van der Waals surface area contributed by atoms with Gasteiger partial charge in [0.15, 0.2) is 6.10 Å². The zero-order valence-electron chi connectivity index (χ0n) is 13.3. The Kier molecular flexibility index (Phi) is 5.53. The van der Waals surface area contributed by atoms with Crippen molar-refractivity contribution in [2.24, 2.45) is 0 Å². The minimum absolute atomic E-state index is 0.107. The average Bonchev–Trinajstić information content (AvgIpc) is 2.54. The molecule has 2 aromatic rings. The first kappa shape index (κ1) is 16.0. The molecule has 0 saturated carbocycles. The molecule has 1 aromatic heterocycles. The van der Waals surface area contributed by atoms with Crippen LogP contribution in [-0.4, -0.2) is 17.0 Å². The van der Waals surface area contributed by atoms with Crippen LogP contribution in [0.25, 0.3) is 0 Å². The standard InChI is InChI=1S/C18H22N2O2/c1-4-17(22-16-8-7-13(2)14(3)10-16)18(21)20-12-15-6-5-9-19-11-15/h5-11,17H,4,12H2,1-3H3,(H,20,21)/t17-/m1/s1. The molecule has 0 spiro atoms. The van der Waals surface area contributed by atoms with Gasteiger partial charge >= 0.3 is 0 Å². The smallest absolute Gasteiger partial charge is 0.261 e. The van der Waals surface area contributed by atoms with Gasteiger partial charge in [-0.15, -0.1) is 0 Å². The lowest BCUT2D eigenvalue weighted by Crippen LogP contribution is -2.37. The SMILES string of the molecule is CC[C@@H](Oc1ccc(C)c(C)c1)C(=O)NCc1cccnc1. The van der Waals surface area contributed by atoms with Crippen LogP contribution in [0.3, 0.4) is 0 Å². The fourth-order valence-corrected chi connectivity index (χ4v) is 2.08. The number of aromatic nitrogens is 1. The highest BCUT2D eigenvalue weighted by molar-refractivity contribution is 5.81. The molecule has 1 N–H and O–H groups in total. The first-order valence-corrected chi connectivity index (χ1v) is 7.50. The van der Waals surface area contributed by atoms with Crippen LogP contribution in [0.1, 0.15) is 30.0 Å². The number of pyridine rings is 1. The van der Waals surface area contributed by atoms with E-state index >= 15 is 0 Å². The summed E-state index contributed by atoms with van der Waals surface area (Å²) in [7, 11) is 0. The third-order valence-corrected chi connectivity index (χ3v) is 3.61. The summed E-state index contributed by atoms with van der Waals surface area (Å²) in [6.45, 7) is 6.48. The summed E-state index contributed by atoms with van der Waals surface area (Å²) in [5, 5.41) is 2.89. The van der Waals surface area contributed by atoms with Crippen LogP contribution in [0.15, 0.2) is 42.7 Å². The van der Waals surface area contributed by atoms with Gasteiger partial charge in [-0.25, -0.2) is 0 Å².